The second-order valence-corrected chi connectivity index (χ2v) is 12.8. The first-order valence-electron chi connectivity index (χ1n) is 18.6. The molecule has 0 radical (unpaired) electrons. The van der Waals surface area contributed by atoms with Crippen molar-refractivity contribution in [1.29, 1.82) is 0 Å². The Balaban J connectivity index is 3.69. The fraction of sp³-hybridized carbons (Fsp3) is 0.833. The molecule has 0 saturated heterocycles. The van der Waals surface area contributed by atoms with Crippen LogP contribution in [0, 0.1) is 0 Å². The molecule has 0 bridgehead atoms. The lowest BCUT2D eigenvalue weighted by molar-refractivity contribution is -0.142. The van der Waals surface area contributed by atoms with Gasteiger partial charge in [-0.2, -0.15) is 0 Å². The molecule has 0 aliphatic carbocycles. The first-order valence-corrected chi connectivity index (χ1v) is 18.6. The zero-order valence-electron chi connectivity index (χ0n) is 30.4. The van der Waals surface area contributed by atoms with Crippen molar-refractivity contribution >= 4 is 35.4 Å². The minimum absolute atomic E-state index is 0.00888. The van der Waals surface area contributed by atoms with E-state index in [1.165, 1.54) is 58.3 Å². The lowest BCUT2D eigenvalue weighted by atomic mass is 10.0. The topological polar surface area (TPSA) is 189 Å². The van der Waals surface area contributed by atoms with E-state index in [9.17, 15) is 33.9 Å². The van der Waals surface area contributed by atoms with Crippen molar-refractivity contribution in [2.24, 2.45) is 0 Å². The third-order valence-corrected chi connectivity index (χ3v) is 7.90. The molecule has 1 atom stereocenters. The summed E-state index contributed by atoms with van der Waals surface area (Å²) >= 11 is 0. The molecule has 49 heavy (non-hydrogen) atoms. The van der Waals surface area contributed by atoms with E-state index in [2.05, 4.69) is 21.3 Å². The molecule has 13 nitrogen and oxygen atoms in total. The van der Waals surface area contributed by atoms with Crippen molar-refractivity contribution in [3.05, 3.63) is 0 Å². The third kappa shape index (κ3) is 34.6. The van der Waals surface area contributed by atoms with Gasteiger partial charge in [0, 0.05) is 38.9 Å². The van der Waals surface area contributed by atoms with E-state index in [0.29, 0.717) is 52.3 Å². The van der Waals surface area contributed by atoms with Gasteiger partial charge < -0.3 is 40.6 Å². The molecule has 0 fully saturated rings. The van der Waals surface area contributed by atoms with Crippen molar-refractivity contribution in [3.8, 4) is 0 Å². The fourth-order valence-corrected chi connectivity index (χ4v) is 5.08. The van der Waals surface area contributed by atoms with Gasteiger partial charge in [0.05, 0.1) is 19.8 Å². The number of ether oxygens (including phenoxy) is 2. The van der Waals surface area contributed by atoms with Gasteiger partial charge in [-0.25, -0.2) is 9.59 Å². The molecule has 5 N–H and O–H groups in total. The van der Waals surface area contributed by atoms with Crippen LogP contribution < -0.4 is 21.3 Å². The minimum atomic E-state index is -1.15. The van der Waals surface area contributed by atoms with Gasteiger partial charge >= 0.3 is 12.0 Å². The SMILES string of the molecule is CC(=O)CCCCCCCCCCCCCCCCC(=O)N[C@@H](CCC(=O)NCCCCNC(=O)NCCOCCOCC(C)=O)C(=O)O. The Labute approximate surface area is 294 Å². The standard InChI is InChI=1S/C36H66N4O9/c1-30(41)19-15-13-11-9-7-5-3-4-6-8-10-12-14-16-20-34(44)40-32(35(45)46)21-22-33(43)37-23-17-18-24-38-36(47)39-25-26-48-27-28-49-29-31(2)42/h32H,3-29H2,1-2H3,(H,37,43)(H,40,44)(H,45,46)(H2,38,39,47)/t32-/m0/s1. The van der Waals surface area contributed by atoms with Crippen LogP contribution >= 0.6 is 0 Å². The Morgan fingerprint density at radius 2 is 1.00 bits per heavy atom. The summed E-state index contributed by atoms with van der Waals surface area (Å²) in [5.74, 6) is -1.49. The summed E-state index contributed by atoms with van der Waals surface area (Å²) in [5.41, 5.74) is 0. The number of amides is 4. The predicted molar refractivity (Wildman–Crippen MR) is 189 cm³/mol. The maximum atomic E-state index is 12.3. The molecular formula is C36H66N4O9. The molecule has 0 aromatic heterocycles. The lowest BCUT2D eigenvalue weighted by Crippen LogP contribution is -2.41. The molecular weight excluding hydrogens is 632 g/mol. The average molecular weight is 699 g/mol. The summed E-state index contributed by atoms with van der Waals surface area (Å²) in [4.78, 5) is 69.5. The molecule has 0 saturated carbocycles. The van der Waals surface area contributed by atoms with Crippen LogP contribution in [0.4, 0.5) is 4.79 Å². The molecule has 0 heterocycles. The Morgan fingerprint density at radius 3 is 1.53 bits per heavy atom. The highest BCUT2D eigenvalue weighted by Crippen LogP contribution is 2.14. The summed E-state index contributed by atoms with van der Waals surface area (Å²) in [6.45, 7) is 5.31. The van der Waals surface area contributed by atoms with Crippen molar-refractivity contribution in [2.45, 2.75) is 148 Å². The number of hydrogen-bond acceptors (Lipinski definition) is 8. The van der Waals surface area contributed by atoms with Crippen LogP contribution in [0.25, 0.3) is 0 Å². The third-order valence-electron chi connectivity index (χ3n) is 7.90. The first-order chi connectivity index (χ1) is 23.6. The Kier molecular flexibility index (Phi) is 31.3. The number of carboxylic acids is 1. The van der Waals surface area contributed by atoms with Crippen LogP contribution in [0.3, 0.4) is 0 Å². The number of hydrogen-bond donors (Lipinski definition) is 5. The molecule has 13 heteroatoms. The molecule has 0 rings (SSSR count). The van der Waals surface area contributed by atoms with E-state index in [0.717, 1.165) is 44.9 Å². The molecule has 0 aliphatic heterocycles. The molecule has 0 unspecified atom stereocenters. The van der Waals surface area contributed by atoms with E-state index in [1.54, 1.807) is 6.92 Å². The Hall–Kier alpha value is -3.06. The normalized spacial score (nSPS) is 11.5. The van der Waals surface area contributed by atoms with Crippen molar-refractivity contribution in [3.63, 3.8) is 0 Å². The molecule has 0 aromatic carbocycles. The van der Waals surface area contributed by atoms with E-state index >= 15 is 0 Å². The van der Waals surface area contributed by atoms with Gasteiger partial charge in [-0.05, 0) is 46.0 Å². The number of ketones is 2. The number of carbonyl (C=O) groups is 6. The van der Waals surface area contributed by atoms with Gasteiger partial charge in [0.1, 0.15) is 18.4 Å². The second-order valence-electron chi connectivity index (χ2n) is 12.8. The first kappa shape index (κ1) is 45.9. The summed E-state index contributed by atoms with van der Waals surface area (Å²) in [5, 5.41) is 20.2. The number of urea groups is 1. The number of Topliss-reactive ketones (excluding diaryl/α,β-unsaturated/α-hetero) is 2. The van der Waals surface area contributed by atoms with Crippen LogP contribution in [0.2, 0.25) is 0 Å². The molecule has 0 aromatic rings. The van der Waals surface area contributed by atoms with Gasteiger partial charge in [-0.1, -0.05) is 77.0 Å². The van der Waals surface area contributed by atoms with E-state index in [-0.39, 0.29) is 55.3 Å². The van der Waals surface area contributed by atoms with Crippen molar-refractivity contribution < 1.29 is 43.3 Å². The number of carboxylic acid groups (broad SMARTS) is 1. The predicted octanol–water partition coefficient (Wildman–Crippen LogP) is 4.98. The summed E-state index contributed by atoms with van der Waals surface area (Å²) in [6.07, 6.45) is 18.4. The van der Waals surface area contributed by atoms with Crippen LogP contribution in [0.5, 0.6) is 0 Å². The highest BCUT2D eigenvalue weighted by atomic mass is 16.5. The second kappa shape index (κ2) is 33.4. The monoisotopic (exact) mass is 698 g/mol. The number of rotatable bonds is 35. The Morgan fingerprint density at radius 1 is 0.510 bits per heavy atom. The van der Waals surface area contributed by atoms with Crippen LogP contribution in [0.1, 0.15) is 142 Å². The van der Waals surface area contributed by atoms with E-state index in [4.69, 9.17) is 9.47 Å². The maximum Gasteiger partial charge on any atom is 0.326 e. The quantitative estimate of drug-likeness (QED) is 0.0568. The van der Waals surface area contributed by atoms with Crippen LogP contribution in [-0.2, 0) is 33.4 Å². The maximum absolute atomic E-state index is 12.3. The average Bonchev–Trinajstić information content (AvgIpc) is 3.05. The van der Waals surface area contributed by atoms with Crippen molar-refractivity contribution in [1.82, 2.24) is 21.3 Å². The highest BCUT2D eigenvalue weighted by Gasteiger charge is 2.20. The van der Waals surface area contributed by atoms with Gasteiger partial charge in [-0.15, -0.1) is 0 Å². The van der Waals surface area contributed by atoms with Gasteiger partial charge in [-0.3, -0.25) is 14.4 Å². The van der Waals surface area contributed by atoms with Crippen molar-refractivity contribution in [2.75, 3.05) is 46.1 Å². The number of aliphatic carboxylic acids is 1. The van der Waals surface area contributed by atoms with Gasteiger partial charge in [0.25, 0.3) is 0 Å². The summed E-state index contributed by atoms with van der Waals surface area (Å²) < 4.78 is 10.4. The van der Waals surface area contributed by atoms with Crippen LogP contribution in [-0.4, -0.2) is 92.6 Å². The number of unbranched alkanes of at least 4 members (excludes halogenated alkanes) is 14. The summed E-state index contributed by atoms with van der Waals surface area (Å²) in [6, 6.07) is -1.42. The summed E-state index contributed by atoms with van der Waals surface area (Å²) in [7, 11) is 0. The largest absolute Gasteiger partial charge is 0.480 e. The smallest absolute Gasteiger partial charge is 0.326 e. The van der Waals surface area contributed by atoms with E-state index < -0.39 is 12.0 Å². The molecule has 4 amide bonds. The highest BCUT2D eigenvalue weighted by molar-refractivity contribution is 5.84. The molecule has 0 spiro atoms. The van der Waals surface area contributed by atoms with E-state index in [1.807, 2.05) is 0 Å². The fourth-order valence-electron chi connectivity index (χ4n) is 5.08. The molecule has 0 aliphatic rings. The number of carbonyl (C=O) groups excluding carboxylic acids is 5. The van der Waals surface area contributed by atoms with Gasteiger partial charge in [0.2, 0.25) is 11.8 Å². The van der Waals surface area contributed by atoms with Gasteiger partial charge in [0.15, 0.2) is 5.78 Å². The lowest BCUT2D eigenvalue weighted by Gasteiger charge is -2.14. The zero-order chi connectivity index (χ0) is 36.4. The minimum Gasteiger partial charge on any atom is -0.480 e. The molecule has 284 valence electrons. The zero-order valence-corrected chi connectivity index (χ0v) is 30.4. The number of nitrogens with one attached hydrogen (secondary N) is 4. The van der Waals surface area contributed by atoms with Crippen LogP contribution in [0.15, 0.2) is 0 Å². The Bertz CT molecular complexity index is 917.